The molecule has 1 aliphatic carbocycles. The van der Waals surface area contributed by atoms with Crippen molar-refractivity contribution in [1.29, 1.82) is 0 Å². The van der Waals surface area contributed by atoms with Crippen LogP contribution in [0.1, 0.15) is 32.6 Å². The van der Waals surface area contributed by atoms with Crippen molar-refractivity contribution >= 4 is 5.91 Å². The van der Waals surface area contributed by atoms with Crippen LogP contribution in [-0.2, 0) is 9.53 Å². The molecule has 3 nitrogen and oxygen atoms in total. The summed E-state index contributed by atoms with van der Waals surface area (Å²) in [4.78, 5) is 11.6. The van der Waals surface area contributed by atoms with E-state index < -0.39 is 0 Å². The molecule has 0 spiro atoms. The summed E-state index contributed by atoms with van der Waals surface area (Å²) in [6.07, 6.45) is 4.54. The first kappa shape index (κ1) is 9.00. The molecule has 13 heavy (non-hydrogen) atoms. The van der Waals surface area contributed by atoms with Crippen LogP contribution in [0.25, 0.3) is 0 Å². The van der Waals surface area contributed by atoms with Gasteiger partial charge in [-0.05, 0) is 26.2 Å². The van der Waals surface area contributed by atoms with E-state index in [-0.39, 0.29) is 18.1 Å². The van der Waals surface area contributed by atoms with Crippen molar-refractivity contribution in [2.24, 2.45) is 5.92 Å². The fourth-order valence-electron chi connectivity index (χ4n) is 1.89. The maximum atomic E-state index is 11.6. The van der Waals surface area contributed by atoms with Gasteiger partial charge in [0, 0.05) is 12.5 Å². The zero-order valence-corrected chi connectivity index (χ0v) is 8.08. The van der Waals surface area contributed by atoms with Gasteiger partial charge in [-0.25, -0.2) is 0 Å². The first-order valence-electron chi connectivity index (χ1n) is 5.19. The lowest BCUT2D eigenvalue weighted by Gasteiger charge is -2.26. The highest BCUT2D eigenvalue weighted by atomic mass is 16.5. The molecule has 1 N–H and O–H groups in total. The number of nitrogens with one attached hydrogen (secondary N) is 1. The Bertz CT molecular complexity index is 201. The van der Waals surface area contributed by atoms with Crippen molar-refractivity contribution in [3.05, 3.63) is 0 Å². The third-order valence-electron chi connectivity index (χ3n) is 3.18. The Morgan fingerprint density at radius 2 is 2.15 bits per heavy atom. The average Bonchev–Trinajstić information content (AvgIpc) is 2.32. The smallest absolute Gasteiger partial charge is 0.223 e. The third-order valence-corrected chi connectivity index (χ3v) is 3.18. The standard InChI is InChI=1S/C10H17NO2/c1-7-9(5-6-13-7)11-10(12)8-3-2-4-8/h7-9H,2-6H2,1H3,(H,11,12). The minimum absolute atomic E-state index is 0.198. The van der Waals surface area contributed by atoms with E-state index in [0.29, 0.717) is 5.92 Å². The van der Waals surface area contributed by atoms with Gasteiger partial charge in [-0.2, -0.15) is 0 Å². The van der Waals surface area contributed by atoms with E-state index in [1.54, 1.807) is 0 Å². The largest absolute Gasteiger partial charge is 0.376 e. The Morgan fingerprint density at radius 1 is 1.38 bits per heavy atom. The zero-order valence-electron chi connectivity index (χ0n) is 8.08. The quantitative estimate of drug-likeness (QED) is 0.695. The van der Waals surface area contributed by atoms with Crippen LogP contribution >= 0.6 is 0 Å². The second-order valence-corrected chi connectivity index (χ2v) is 4.11. The summed E-state index contributed by atoms with van der Waals surface area (Å²) in [5, 5.41) is 3.07. The van der Waals surface area contributed by atoms with Crippen molar-refractivity contribution in [2.75, 3.05) is 6.61 Å². The summed E-state index contributed by atoms with van der Waals surface area (Å²) < 4.78 is 5.38. The van der Waals surface area contributed by atoms with Gasteiger partial charge in [0.05, 0.1) is 12.1 Å². The first-order valence-corrected chi connectivity index (χ1v) is 5.19. The van der Waals surface area contributed by atoms with E-state index in [2.05, 4.69) is 5.32 Å². The SMILES string of the molecule is CC1OCCC1NC(=O)C1CCC1. The van der Waals surface area contributed by atoms with Gasteiger partial charge in [0.25, 0.3) is 0 Å². The molecular weight excluding hydrogens is 166 g/mol. The van der Waals surface area contributed by atoms with Crippen LogP contribution in [-0.4, -0.2) is 24.7 Å². The predicted molar refractivity (Wildman–Crippen MR) is 49.3 cm³/mol. The molecule has 3 heteroatoms. The molecule has 0 aromatic heterocycles. The van der Waals surface area contributed by atoms with Crippen LogP contribution in [0.5, 0.6) is 0 Å². The van der Waals surface area contributed by atoms with E-state index in [1.165, 1.54) is 6.42 Å². The van der Waals surface area contributed by atoms with Gasteiger partial charge in [0.2, 0.25) is 5.91 Å². The highest BCUT2D eigenvalue weighted by Gasteiger charge is 2.30. The summed E-state index contributed by atoms with van der Waals surface area (Å²) in [6, 6.07) is 0.258. The molecule has 1 saturated heterocycles. The third kappa shape index (κ3) is 1.85. The molecule has 0 bridgehead atoms. The second kappa shape index (κ2) is 3.66. The van der Waals surface area contributed by atoms with Gasteiger partial charge < -0.3 is 10.1 Å². The van der Waals surface area contributed by atoms with Gasteiger partial charge in [-0.15, -0.1) is 0 Å². The number of carbonyl (C=O) groups excluding carboxylic acids is 1. The summed E-state index contributed by atoms with van der Waals surface area (Å²) in [5.74, 6) is 0.543. The van der Waals surface area contributed by atoms with E-state index in [4.69, 9.17) is 4.74 Å². The molecule has 1 saturated carbocycles. The minimum atomic E-state index is 0.198. The van der Waals surface area contributed by atoms with Gasteiger partial charge in [-0.1, -0.05) is 6.42 Å². The van der Waals surface area contributed by atoms with Gasteiger partial charge in [0.1, 0.15) is 0 Å². The summed E-state index contributed by atoms with van der Waals surface area (Å²) in [5.41, 5.74) is 0. The van der Waals surface area contributed by atoms with Crippen molar-refractivity contribution in [1.82, 2.24) is 5.32 Å². The highest BCUT2D eigenvalue weighted by molar-refractivity contribution is 5.79. The van der Waals surface area contributed by atoms with Gasteiger partial charge >= 0.3 is 0 Å². The van der Waals surface area contributed by atoms with Crippen LogP contribution in [0.4, 0.5) is 0 Å². The van der Waals surface area contributed by atoms with Crippen molar-refractivity contribution in [2.45, 2.75) is 44.8 Å². The van der Waals surface area contributed by atoms with Crippen LogP contribution in [0.3, 0.4) is 0 Å². The highest BCUT2D eigenvalue weighted by Crippen LogP contribution is 2.27. The first-order chi connectivity index (χ1) is 6.27. The second-order valence-electron chi connectivity index (χ2n) is 4.11. The number of hydrogen-bond donors (Lipinski definition) is 1. The van der Waals surface area contributed by atoms with Crippen LogP contribution in [0, 0.1) is 5.92 Å². The number of rotatable bonds is 2. The van der Waals surface area contributed by atoms with Gasteiger partial charge in [0.15, 0.2) is 0 Å². The van der Waals surface area contributed by atoms with E-state index in [1.807, 2.05) is 6.92 Å². The number of hydrogen-bond acceptors (Lipinski definition) is 2. The molecule has 2 atom stereocenters. The summed E-state index contributed by atoms with van der Waals surface area (Å²) in [6.45, 7) is 2.81. The van der Waals surface area contributed by atoms with E-state index in [0.717, 1.165) is 25.9 Å². The topological polar surface area (TPSA) is 38.3 Å². The van der Waals surface area contributed by atoms with Crippen LogP contribution in [0.15, 0.2) is 0 Å². The Labute approximate surface area is 78.8 Å². The normalized spacial score (nSPS) is 34.2. The Balaban J connectivity index is 1.79. The molecule has 2 aliphatic rings. The van der Waals surface area contributed by atoms with Crippen LogP contribution in [0.2, 0.25) is 0 Å². The monoisotopic (exact) mass is 183 g/mol. The molecule has 1 amide bonds. The van der Waals surface area contributed by atoms with E-state index >= 15 is 0 Å². The maximum absolute atomic E-state index is 11.6. The minimum Gasteiger partial charge on any atom is -0.376 e. The number of carbonyl (C=O) groups is 1. The molecule has 0 aromatic carbocycles. The number of ether oxygens (including phenoxy) is 1. The molecule has 1 heterocycles. The molecular formula is C10H17NO2. The fraction of sp³-hybridized carbons (Fsp3) is 0.900. The number of amides is 1. The molecule has 2 rings (SSSR count). The average molecular weight is 183 g/mol. The molecule has 2 fully saturated rings. The molecule has 1 aliphatic heterocycles. The van der Waals surface area contributed by atoms with Crippen molar-refractivity contribution in [3.63, 3.8) is 0 Å². The lowest BCUT2D eigenvalue weighted by atomic mass is 9.84. The van der Waals surface area contributed by atoms with E-state index in [9.17, 15) is 4.79 Å². The zero-order chi connectivity index (χ0) is 9.26. The summed E-state index contributed by atoms with van der Waals surface area (Å²) >= 11 is 0. The lowest BCUT2D eigenvalue weighted by molar-refractivity contribution is -0.128. The Morgan fingerprint density at radius 3 is 2.62 bits per heavy atom. The maximum Gasteiger partial charge on any atom is 0.223 e. The molecule has 0 aromatic rings. The Kier molecular flexibility index (Phi) is 2.54. The van der Waals surface area contributed by atoms with Gasteiger partial charge in [-0.3, -0.25) is 4.79 Å². The molecule has 74 valence electrons. The summed E-state index contributed by atoms with van der Waals surface area (Å²) in [7, 11) is 0. The lowest BCUT2D eigenvalue weighted by Crippen LogP contribution is -2.43. The van der Waals surface area contributed by atoms with Crippen LogP contribution < -0.4 is 5.32 Å². The van der Waals surface area contributed by atoms with Crippen molar-refractivity contribution in [3.8, 4) is 0 Å². The predicted octanol–water partition coefficient (Wildman–Crippen LogP) is 1.08. The molecule has 0 radical (unpaired) electrons. The van der Waals surface area contributed by atoms with Crippen molar-refractivity contribution < 1.29 is 9.53 Å². The molecule has 2 unspecified atom stereocenters. The fourth-order valence-corrected chi connectivity index (χ4v) is 1.89. The Hall–Kier alpha value is -0.570.